The summed E-state index contributed by atoms with van der Waals surface area (Å²) in [7, 11) is 0. The lowest BCUT2D eigenvalue weighted by Gasteiger charge is -2.03. The Morgan fingerprint density at radius 3 is 2.84 bits per heavy atom. The van der Waals surface area contributed by atoms with Crippen LogP contribution in [0, 0.1) is 0 Å². The van der Waals surface area contributed by atoms with E-state index in [4.69, 9.17) is 4.98 Å². The fourth-order valence-electron chi connectivity index (χ4n) is 3.09. The van der Waals surface area contributed by atoms with Gasteiger partial charge in [-0.2, -0.15) is 0 Å². The molecule has 1 aliphatic carbocycles. The van der Waals surface area contributed by atoms with Crippen molar-refractivity contribution in [2.45, 2.75) is 32.6 Å². The molecule has 2 aromatic heterocycles. The lowest BCUT2D eigenvalue weighted by atomic mass is 10.1. The van der Waals surface area contributed by atoms with E-state index in [1.165, 1.54) is 46.9 Å². The number of hydrogen-bond donors (Lipinski definition) is 0. The van der Waals surface area contributed by atoms with Crippen LogP contribution in [0.15, 0.2) is 30.3 Å². The normalized spacial score (nSPS) is 14.2. The van der Waals surface area contributed by atoms with Gasteiger partial charge in [0.15, 0.2) is 4.96 Å². The Hall–Kier alpha value is -1.61. The van der Waals surface area contributed by atoms with Crippen LogP contribution in [0.25, 0.3) is 16.2 Å². The van der Waals surface area contributed by atoms with Crippen molar-refractivity contribution in [3.05, 3.63) is 46.6 Å². The van der Waals surface area contributed by atoms with Gasteiger partial charge in [-0.3, -0.25) is 4.40 Å². The first-order valence-electron chi connectivity index (χ1n) is 6.95. The van der Waals surface area contributed by atoms with Crippen molar-refractivity contribution in [2.24, 2.45) is 0 Å². The van der Waals surface area contributed by atoms with Gasteiger partial charge in [0.1, 0.15) is 0 Å². The Labute approximate surface area is 116 Å². The predicted molar refractivity (Wildman–Crippen MR) is 79.9 cm³/mol. The average molecular weight is 268 g/mol. The summed E-state index contributed by atoms with van der Waals surface area (Å²) in [5.74, 6) is 0. The number of nitrogens with zero attached hydrogens (tertiary/aromatic N) is 2. The summed E-state index contributed by atoms with van der Waals surface area (Å²) in [6.45, 7) is 2.23. The minimum Gasteiger partial charge on any atom is -0.291 e. The summed E-state index contributed by atoms with van der Waals surface area (Å²) in [6, 6.07) is 10.6. The highest BCUT2D eigenvalue weighted by Gasteiger charge is 2.23. The number of aryl methyl sites for hydroxylation is 3. The Kier molecular flexibility index (Phi) is 2.49. The van der Waals surface area contributed by atoms with E-state index < -0.39 is 0 Å². The largest absolute Gasteiger partial charge is 0.291 e. The summed E-state index contributed by atoms with van der Waals surface area (Å²) in [5, 5.41) is 0. The Morgan fingerprint density at radius 2 is 2.05 bits per heavy atom. The van der Waals surface area contributed by atoms with Gasteiger partial charge < -0.3 is 0 Å². The Balaban J connectivity index is 2.00. The van der Waals surface area contributed by atoms with Gasteiger partial charge in [0.2, 0.25) is 0 Å². The van der Waals surface area contributed by atoms with Crippen molar-refractivity contribution in [3.63, 3.8) is 0 Å². The van der Waals surface area contributed by atoms with Crippen molar-refractivity contribution in [3.8, 4) is 11.3 Å². The monoisotopic (exact) mass is 268 g/mol. The van der Waals surface area contributed by atoms with E-state index in [0.29, 0.717) is 0 Å². The molecule has 2 heterocycles. The van der Waals surface area contributed by atoms with Crippen molar-refractivity contribution in [2.75, 3.05) is 0 Å². The molecule has 0 radical (unpaired) electrons. The topological polar surface area (TPSA) is 17.3 Å². The second-order valence-electron chi connectivity index (χ2n) is 5.07. The summed E-state index contributed by atoms with van der Waals surface area (Å²) in [4.78, 5) is 7.63. The van der Waals surface area contributed by atoms with Crippen molar-refractivity contribution in [1.29, 1.82) is 0 Å². The molecule has 0 spiro atoms. The van der Waals surface area contributed by atoms with E-state index >= 15 is 0 Å². The molecule has 0 amide bonds. The molecule has 19 heavy (non-hydrogen) atoms. The van der Waals surface area contributed by atoms with Gasteiger partial charge in [0, 0.05) is 16.1 Å². The average Bonchev–Trinajstić information content (AvgIpc) is 3.09. The van der Waals surface area contributed by atoms with Crippen LogP contribution in [-0.2, 0) is 19.3 Å². The van der Waals surface area contributed by atoms with Crippen LogP contribution in [0.3, 0.4) is 0 Å². The molecule has 0 bridgehead atoms. The van der Waals surface area contributed by atoms with E-state index in [9.17, 15) is 0 Å². The van der Waals surface area contributed by atoms with Crippen LogP contribution in [-0.4, -0.2) is 9.38 Å². The molecule has 96 valence electrons. The maximum absolute atomic E-state index is 4.90. The molecule has 0 aliphatic heterocycles. The first-order valence-corrected chi connectivity index (χ1v) is 7.77. The van der Waals surface area contributed by atoms with Crippen LogP contribution in [0.5, 0.6) is 0 Å². The molecule has 0 atom stereocenters. The maximum Gasteiger partial charge on any atom is 0.194 e. The standard InChI is InChI=1S/C16H16N2S/c1-2-12-15(11-7-4-3-5-8-11)17-16-18(12)13-9-6-10-14(13)19-16/h3-5,7-8H,2,6,9-10H2,1H3. The highest BCUT2D eigenvalue weighted by Crippen LogP contribution is 2.35. The lowest BCUT2D eigenvalue weighted by molar-refractivity contribution is 0.871. The first-order chi connectivity index (χ1) is 9.38. The zero-order valence-corrected chi connectivity index (χ0v) is 11.8. The second kappa shape index (κ2) is 4.20. The third-order valence-electron chi connectivity index (χ3n) is 3.95. The van der Waals surface area contributed by atoms with Crippen LogP contribution < -0.4 is 0 Å². The third-order valence-corrected chi connectivity index (χ3v) is 5.09. The van der Waals surface area contributed by atoms with Gasteiger partial charge in [-0.15, -0.1) is 11.3 Å². The molecule has 0 saturated carbocycles. The zero-order chi connectivity index (χ0) is 12.8. The quantitative estimate of drug-likeness (QED) is 0.683. The van der Waals surface area contributed by atoms with Crippen LogP contribution >= 0.6 is 11.3 Å². The van der Waals surface area contributed by atoms with Crippen molar-refractivity contribution < 1.29 is 0 Å². The van der Waals surface area contributed by atoms with Crippen molar-refractivity contribution >= 4 is 16.3 Å². The molecule has 1 aliphatic rings. The van der Waals surface area contributed by atoms with Crippen LogP contribution in [0.1, 0.15) is 29.6 Å². The third kappa shape index (κ3) is 1.58. The van der Waals surface area contributed by atoms with E-state index in [2.05, 4.69) is 41.7 Å². The summed E-state index contributed by atoms with van der Waals surface area (Å²) < 4.78 is 2.43. The highest BCUT2D eigenvalue weighted by atomic mass is 32.1. The van der Waals surface area contributed by atoms with Crippen LogP contribution in [0.4, 0.5) is 0 Å². The Morgan fingerprint density at radius 1 is 1.21 bits per heavy atom. The molecule has 0 unspecified atom stereocenters. The molecular formula is C16H16N2S. The zero-order valence-electron chi connectivity index (χ0n) is 11.0. The molecule has 0 N–H and O–H groups in total. The predicted octanol–water partition coefficient (Wildman–Crippen LogP) is 4.11. The molecule has 4 rings (SSSR count). The minimum absolute atomic E-state index is 1.04. The van der Waals surface area contributed by atoms with E-state index in [1.807, 2.05) is 11.3 Å². The number of thiazole rings is 1. The van der Waals surface area contributed by atoms with Gasteiger partial charge in [-0.1, -0.05) is 37.3 Å². The van der Waals surface area contributed by atoms with E-state index in [1.54, 1.807) is 4.88 Å². The fourth-order valence-corrected chi connectivity index (χ4v) is 4.31. The summed E-state index contributed by atoms with van der Waals surface area (Å²) >= 11 is 1.88. The minimum atomic E-state index is 1.04. The molecule has 0 saturated heterocycles. The molecule has 2 nitrogen and oxygen atoms in total. The molecule has 3 heteroatoms. The number of fused-ring (bicyclic) bond motifs is 3. The SMILES string of the molecule is CCc1c(-c2ccccc2)nc2sc3c(n12)CCC3. The molecule has 0 fully saturated rings. The number of imidazole rings is 1. The van der Waals surface area contributed by atoms with Gasteiger partial charge in [0.25, 0.3) is 0 Å². The van der Waals surface area contributed by atoms with Crippen molar-refractivity contribution in [1.82, 2.24) is 9.38 Å². The second-order valence-corrected chi connectivity index (χ2v) is 6.13. The lowest BCUT2D eigenvalue weighted by Crippen LogP contribution is -1.95. The smallest absolute Gasteiger partial charge is 0.194 e. The number of hydrogen-bond acceptors (Lipinski definition) is 2. The summed E-state index contributed by atoms with van der Waals surface area (Å²) in [5.41, 5.74) is 5.30. The summed E-state index contributed by atoms with van der Waals surface area (Å²) in [6.07, 6.45) is 4.80. The highest BCUT2D eigenvalue weighted by molar-refractivity contribution is 7.17. The first kappa shape index (κ1) is 11.2. The van der Waals surface area contributed by atoms with Gasteiger partial charge >= 0.3 is 0 Å². The molecular weight excluding hydrogens is 252 g/mol. The number of rotatable bonds is 2. The molecule has 3 aromatic rings. The Bertz CT molecular complexity index is 737. The van der Waals surface area contributed by atoms with Gasteiger partial charge in [-0.05, 0) is 25.7 Å². The van der Waals surface area contributed by atoms with Gasteiger partial charge in [0.05, 0.1) is 11.4 Å². The van der Waals surface area contributed by atoms with E-state index in [0.717, 1.165) is 6.42 Å². The van der Waals surface area contributed by atoms with E-state index in [-0.39, 0.29) is 0 Å². The number of aromatic nitrogens is 2. The van der Waals surface area contributed by atoms with Gasteiger partial charge in [-0.25, -0.2) is 4.98 Å². The molecule has 1 aromatic carbocycles. The number of benzene rings is 1. The van der Waals surface area contributed by atoms with Crippen LogP contribution in [0.2, 0.25) is 0 Å². The maximum atomic E-state index is 4.90. The fraction of sp³-hybridized carbons (Fsp3) is 0.312.